The first-order valence-electron chi connectivity index (χ1n) is 8.49. The normalized spacial score (nSPS) is 11.8. The summed E-state index contributed by atoms with van der Waals surface area (Å²) in [6.07, 6.45) is 1.97. The van der Waals surface area contributed by atoms with Crippen molar-refractivity contribution in [3.8, 4) is 0 Å². The highest BCUT2D eigenvalue weighted by molar-refractivity contribution is 6.25. The van der Waals surface area contributed by atoms with Crippen molar-refractivity contribution in [3.63, 3.8) is 0 Å². The molecular formula is C22H16N2O3. The molecule has 0 atom stereocenters. The largest absolute Gasteiger partial charge is 0.341 e. The molecule has 0 heterocycles. The Balaban J connectivity index is 1.92. The van der Waals surface area contributed by atoms with Crippen LogP contribution in [0, 0.1) is 0 Å². The van der Waals surface area contributed by atoms with Gasteiger partial charge in [-0.3, -0.25) is 14.9 Å². The van der Waals surface area contributed by atoms with E-state index in [1.54, 1.807) is 0 Å². The van der Waals surface area contributed by atoms with Gasteiger partial charge in [0.05, 0.1) is 5.57 Å². The lowest BCUT2D eigenvalue weighted by molar-refractivity contribution is -0.118. The number of urea groups is 1. The summed E-state index contributed by atoms with van der Waals surface area (Å²) in [6.45, 7) is 0. The van der Waals surface area contributed by atoms with Crippen molar-refractivity contribution in [1.29, 1.82) is 0 Å². The number of carbonyl (C=O) groups is 3. The molecule has 0 aliphatic carbocycles. The minimum Gasteiger partial charge on any atom is -0.341 e. The predicted octanol–water partition coefficient (Wildman–Crippen LogP) is 3.62. The van der Waals surface area contributed by atoms with Crippen molar-refractivity contribution < 1.29 is 14.4 Å². The third-order valence-electron chi connectivity index (χ3n) is 4.72. The van der Waals surface area contributed by atoms with Crippen LogP contribution < -0.4 is 10.6 Å². The molecule has 2 N–H and O–H groups in total. The first kappa shape index (κ1) is 16.7. The summed E-state index contributed by atoms with van der Waals surface area (Å²) in [7, 11) is 1.40. The van der Waals surface area contributed by atoms with Crippen LogP contribution in [0.2, 0.25) is 0 Å². The van der Waals surface area contributed by atoms with Crippen LogP contribution in [-0.2, 0) is 9.59 Å². The Morgan fingerprint density at radius 1 is 0.852 bits per heavy atom. The lowest BCUT2D eigenvalue weighted by Gasteiger charge is -2.12. The molecule has 0 radical (unpaired) electrons. The zero-order valence-electron chi connectivity index (χ0n) is 14.6. The summed E-state index contributed by atoms with van der Waals surface area (Å²) in [5.41, 5.74) is 0.628. The number of nitrogens with one attached hydrogen (secondary N) is 2. The number of benzene rings is 4. The number of hydrogen-bond acceptors (Lipinski definition) is 3. The summed E-state index contributed by atoms with van der Waals surface area (Å²) in [5, 5.41) is 11.0. The molecule has 0 aromatic heterocycles. The molecule has 0 aliphatic rings. The van der Waals surface area contributed by atoms with Gasteiger partial charge in [0.25, 0.3) is 5.91 Å². The fourth-order valence-electron chi connectivity index (χ4n) is 3.44. The van der Waals surface area contributed by atoms with Crippen molar-refractivity contribution in [2.75, 3.05) is 7.05 Å². The highest BCUT2D eigenvalue weighted by atomic mass is 16.2. The number of rotatable bonds is 3. The molecular weight excluding hydrogens is 340 g/mol. The van der Waals surface area contributed by atoms with E-state index in [2.05, 4.69) is 34.9 Å². The van der Waals surface area contributed by atoms with Gasteiger partial charge in [0.2, 0.25) is 0 Å². The summed E-state index contributed by atoms with van der Waals surface area (Å²) in [6, 6.07) is 17.5. The van der Waals surface area contributed by atoms with Gasteiger partial charge in [0.1, 0.15) is 0 Å². The standard InChI is InChI=1S/C22H16N2O3/c1-23-22(27)24-21(26)17(12-25)11-16-8-7-15-6-5-13-3-2-4-14-9-10-18(16)20(15)19(13)14/h2-12H,1H3,(H2,23,24,26,27). The highest BCUT2D eigenvalue weighted by Crippen LogP contribution is 2.36. The molecule has 0 bridgehead atoms. The molecule has 132 valence electrons. The zero-order chi connectivity index (χ0) is 19.0. The third kappa shape index (κ3) is 2.79. The predicted molar refractivity (Wildman–Crippen MR) is 107 cm³/mol. The monoisotopic (exact) mass is 356 g/mol. The molecule has 4 aromatic rings. The maximum atomic E-state index is 12.1. The Morgan fingerprint density at radius 2 is 1.48 bits per heavy atom. The second-order valence-corrected chi connectivity index (χ2v) is 6.26. The average Bonchev–Trinajstić information content (AvgIpc) is 2.70. The molecule has 0 unspecified atom stereocenters. The zero-order valence-corrected chi connectivity index (χ0v) is 14.6. The van der Waals surface area contributed by atoms with Gasteiger partial charge in [-0.05, 0) is 44.0 Å². The minimum absolute atomic E-state index is 0.117. The van der Waals surface area contributed by atoms with E-state index in [9.17, 15) is 14.4 Å². The lowest BCUT2D eigenvalue weighted by Crippen LogP contribution is -2.38. The lowest BCUT2D eigenvalue weighted by atomic mass is 9.91. The maximum Gasteiger partial charge on any atom is 0.321 e. The Morgan fingerprint density at radius 3 is 2.15 bits per heavy atom. The van der Waals surface area contributed by atoms with Crippen molar-refractivity contribution in [1.82, 2.24) is 10.6 Å². The molecule has 27 heavy (non-hydrogen) atoms. The van der Waals surface area contributed by atoms with Crippen LogP contribution in [0.3, 0.4) is 0 Å². The van der Waals surface area contributed by atoms with Gasteiger partial charge in [-0.25, -0.2) is 4.79 Å². The van der Waals surface area contributed by atoms with Gasteiger partial charge in [-0.2, -0.15) is 0 Å². The highest BCUT2D eigenvalue weighted by Gasteiger charge is 2.14. The minimum atomic E-state index is -0.741. The molecule has 0 saturated carbocycles. The molecule has 5 nitrogen and oxygen atoms in total. The quantitative estimate of drug-likeness (QED) is 0.194. The molecule has 0 fully saturated rings. The van der Waals surface area contributed by atoms with E-state index >= 15 is 0 Å². The van der Waals surface area contributed by atoms with Crippen LogP contribution in [0.1, 0.15) is 5.56 Å². The van der Waals surface area contributed by atoms with E-state index in [-0.39, 0.29) is 5.57 Å². The van der Waals surface area contributed by atoms with Crippen molar-refractivity contribution in [2.45, 2.75) is 0 Å². The number of imide groups is 1. The Bertz CT molecular complexity index is 1220. The van der Waals surface area contributed by atoms with Crippen LogP contribution in [0.15, 0.2) is 60.2 Å². The molecule has 0 saturated heterocycles. The number of amides is 3. The van der Waals surface area contributed by atoms with Gasteiger partial charge in [0.15, 0.2) is 6.29 Å². The van der Waals surface area contributed by atoms with Crippen molar-refractivity contribution in [2.24, 2.45) is 0 Å². The smallest absolute Gasteiger partial charge is 0.321 e. The van der Waals surface area contributed by atoms with Gasteiger partial charge in [-0.15, -0.1) is 0 Å². The van der Waals surface area contributed by atoms with Crippen LogP contribution in [0.25, 0.3) is 38.4 Å². The second kappa shape index (κ2) is 6.53. The first-order chi connectivity index (χ1) is 13.1. The summed E-state index contributed by atoms with van der Waals surface area (Å²) in [5.74, 6) is -0.741. The number of aldehydes is 1. The summed E-state index contributed by atoms with van der Waals surface area (Å²) < 4.78 is 0. The molecule has 0 spiro atoms. The maximum absolute atomic E-state index is 12.1. The van der Waals surface area contributed by atoms with Crippen LogP contribution in [0.4, 0.5) is 4.79 Å². The number of hydrogen-bond donors (Lipinski definition) is 2. The third-order valence-corrected chi connectivity index (χ3v) is 4.72. The van der Waals surface area contributed by atoms with Gasteiger partial charge >= 0.3 is 6.03 Å². The summed E-state index contributed by atoms with van der Waals surface area (Å²) >= 11 is 0. The van der Waals surface area contributed by atoms with E-state index in [4.69, 9.17) is 0 Å². The first-order valence-corrected chi connectivity index (χ1v) is 8.49. The van der Waals surface area contributed by atoms with Crippen molar-refractivity contribution >= 4 is 56.6 Å². The van der Waals surface area contributed by atoms with Gasteiger partial charge in [-0.1, -0.05) is 54.6 Å². The van der Waals surface area contributed by atoms with E-state index in [0.29, 0.717) is 6.29 Å². The summed E-state index contributed by atoms with van der Waals surface area (Å²) in [4.78, 5) is 34.9. The molecule has 4 rings (SSSR count). The number of carbonyl (C=O) groups excluding carboxylic acids is 3. The van der Waals surface area contributed by atoms with E-state index in [1.807, 2.05) is 30.3 Å². The fraction of sp³-hybridized carbons (Fsp3) is 0.0455. The SMILES string of the molecule is CNC(=O)NC(=O)C(C=O)=Cc1ccc2ccc3cccc4ccc1c2c34. The Labute approximate surface area is 155 Å². The van der Waals surface area contributed by atoms with Crippen LogP contribution >= 0.6 is 0 Å². The van der Waals surface area contributed by atoms with Gasteiger partial charge in [0, 0.05) is 7.05 Å². The Hall–Kier alpha value is -3.73. The molecule has 5 heteroatoms. The van der Waals surface area contributed by atoms with Crippen molar-refractivity contribution in [3.05, 3.63) is 65.7 Å². The topological polar surface area (TPSA) is 75.3 Å². The Kier molecular flexibility index (Phi) is 4.05. The molecule has 0 aliphatic heterocycles. The molecule has 4 aromatic carbocycles. The average molecular weight is 356 g/mol. The van der Waals surface area contributed by atoms with Crippen LogP contribution in [0.5, 0.6) is 0 Å². The van der Waals surface area contributed by atoms with Crippen LogP contribution in [-0.4, -0.2) is 25.3 Å². The van der Waals surface area contributed by atoms with E-state index in [1.165, 1.54) is 13.1 Å². The second-order valence-electron chi connectivity index (χ2n) is 6.26. The van der Waals surface area contributed by atoms with E-state index < -0.39 is 11.9 Å². The molecule has 3 amide bonds. The fourth-order valence-corrected chi connectivity index (χ4v) is 3.44. The van der Waals surface area contributed by atoms with E-state index in [0.717, 1.165) is 37.9 Å². The van der Waals surface area contributed by atoms with Gasteiger partial charge < -0.3 is 5.32 Å².